The first-order valence-electron chi connectivity index (χ1n) is 10.1. The lowest BCUT2D eigenvalue weighted by atomic mass is 10.1. The van der Waals surface area contributed by atoms with Crippen LogP contribution in [0.4, 0.5) is 24.7 Å². The zero-order valence-electron chi connectivity index (χ0n) is 18.5. The zero-order chi connectivity index (χ0) is 24.1. The Balaban J connectivity index is 1.62. The van der Waals surface area contributed by atoms with Crippen LogP contribution in [0, 0.1) is 0 Å². The van der Waals surface area contributed by atoms with Crippen LogP contribution in [0.2, 0.25) is 5.28 Å². The van der Waals surface area contributed by atoms with Crippen molar-refractivity contribution < 1.29 is 22.1 Å². The minimum absolute atomic E-state index is 0.0139. The van der Waals surface area contributed by atoms with E-state index in [1.165, 1.54) is 17.8 Å². The predicted molar refractivity (Wildman–Crippen MR) is 105 cm³/mol. The third-order valence-corrected chi connectivity index (χ3v) is 4.77. The summed E-state index contributed by atoms with van der Waals surface area (Å²) in [7, 11) is 1.47. The number of carbonyl (C=O) groups excluding carboxylic acids is 1. The smallest absolute Gasteiger partial charge is 0.341 e. The summed E-state index contributed by atoms with van der Waals surface area (Å²) in [5.41, 5.74) is 0.216. The average Bonchev–Trinajstić information content (AvgIpc) is 3.10. The lowest BCUT2D eigenvalue weighted by Crippen LogP contribution is -2.44. The molecule has 1 aliphatic heterocycles. The SMILES string of the molecule is [2H]C([2H])([2H])N1C(=O)CN(Cc2ccc(-c3nc(C(F)(F)F)cn3C)cc2)c2nc(Cl)ncc21. The molecule has 7 nitrogen and oxygen atoms in total. The Morgan fingerprint density at radius 3 is 2.60 bits per heavy atom. The summed E-state index contributed by atoms with van der Waals surface area (Å²) < 4.78 is 63.0. The molecule has 0 atom stereocenters. The molecule has 1 aliphatic rings. The van der Waals surface area contributed by atoms with Gasteiger partial charge < -0.3 is 14.4 Å². The summed E-state index contributed by atoms with van der Waals surface area (Å²) in [6.07, 6.45) is -2.45. The fourth-order valence-corrected chi connectivity index (χ4v) is 3.29. The fraction of sp³-hybridized carbons (Fsp3) is 0.263. The second-order valence-electron chi connectivity index (χ2n) is 6.69. The van der Waals surface area contributed by atoms with Gasteiger partial charge in [0.05, 0.1) is 12.7 Å². The minimum atomic E-state index is -4.55. The summed E-state index contributed by atoms with van der Waals surface area (Å²) in [5, 5.41) is -0.107. The van der Waals surface area contributed by atoms with Crippen molar-refractivity contribution in [3.05, 3.63) is 53.2 Å². The fourth-order valence-electron chi connectivity index (χ4n) is 3.16. The van der Waals surface area contributed by atoms with Crippen molar-refractivity contribution in [2.45, 2.75) is 12.7 Å². The maximum Gasteiger partial charge on any atom is 0.434 e. The molecular formula is C19H16ClF3N6O. The lowest BCUT2D eigenvalue weighted by Gasteiger charge is -2.34. The van der Waals surface area contributed by atoms with E-state index < -0.39 is 24.8 Å². The number of hydrogen-bond donors (Lipinski definition) is 0. The molecule has 4 rings (SSSR count). The van der Waals surface area contributed by atoms with Gasteiger partial charge in [-0.3, -0.25) is 4.79 Å². The number of nitrogens with zero attached hydrogens (tertiary/aromatic N) is 6. The van der Waals surface area contributed by atoms with Gasteiger partial charge in [-0.15, -0.1) is 0 Å². The highest BCUT2D eigenvalue weighted by Gasteiger charge is 2.34. The molecule has 0 fully saturated rings. The number of benzene rings is 1. The number of likely N-dealkylation sites (N-methyl/N-ethyl adjacent to an activating group) is 1. The molecule has 0 spiro atoms. The van der Waals surface area contributed by atoms with Crippen LogP contribution < -0.4 is 9.80 Å². The quantitative estimate of drug-likeness (QED) is 0.584. The van der Waals surface area contributed by atoms with E-state index in [1.54, 1.807) is 29.2 Å². The van der Waals surface area contributed by atoms with Crippen LogP contribution in [-0.2, 0) is 24.6 Å². The van der Waals surface area contributed by atoms with Crippen molar-refractivity contribution in [1.82, 2.24) is 19.5 Å². The molecule has 1 amide bonds. The summed E-state index contributed by atoms with van der Waals surface area (Å²) in [6.45, 7) is -2.79. The molecule has 0 bridgehead atoms. The number of aryl methyl sites for hydroxylation is 1. The molecule has 3 heterocycles. The molecule has 0 unspecified atom stereocenters. The molecule has 0 saturated carbocycles. The number of anilines is 2. The van der Waals surface area contributed by atoms with Gasteiger partial charge >= 0.3 is 6.18 Å². The number of rotatable bonds is 3. The molecule has 0 saturated heterocycles. The van der Waals surface area contributed by atoms with Gasteiger partial charge in [0, 0.05) is 36.4 Å². The number of imidazole rings is 1. The standard InChI is InChI=1S/C19H16ClF3N6O/c1-27-9-14(19(21,22)23)25-16(27)12-5-3-11(4-6-12)8-29-10-15(30)28(2)13-7-24-18(20)26-17(13)29/h3-7,9H,8,10H2,1-2H3/i2D3. The molecule has 11 heteroatoms. The Bertz CT molecular complexity index is 1210. The molecular weight excluding hydrogens is 421 g/mol. The second kappa shape index (κ2) is 7.28. The van der Waals surface area contributed by atoms with E-state index in [0.29, 0.717) is 16.0 Å². The summed E-state index contributed by atoms with van der Waals surface area (Å²) >= 11 is 5.90. The molecule has 0 N–H and O–H groups in total. The second-order valence-corrected chi connectivity index (χ2v) is 7.03. The zero-order valence-corrected chi connectivity index (χ0v) is 16.2. The molecule has 156 valence electrons. The van der Waals surface area contributed by atoms with Gasteiger partial charge in [0.1, 0.15) is 11.5 Å². The van der Waals surface area contributed by atoms with Crippen molar-refractivity contribution in [2.24, 2.45) is 7.05 Å². The monoisotopic (exact) mass is 439 g/mol. The average molecular weight is 440 g/mol. The van der Waals surface area contributed by atoms with E-state index >= 15 is 0 Å². The Hall–Kier alpha value is -3.14. The van der Waals surface area contributed by atoms with Crippen LogP contribution >= 0.6 is 11.6 Å². The predicted octanol–water partition coefficient (Wildman–Crippen LogP) is 3.53. The van der Waals surface area contributed by atoms with Gasteiger partial charge in [-0.25, -0.2) is 9.97 Å². The van der Waals surface area contributed by atoms with E-state index in [0.717, 1.165) is 6.20 Å². The van der Waals surface area contributed by atoms with Crippen LogP contribution in [0.25, 0.3) is 11.4 Å². The van der Waals surface area contributed by atoms with Gasteiger partial charge in [-0.2, -0.15) is 18.2 Å². The van der Waals surface area contributed by atoms with Gasteiger partial charge in [0.15, 0.2) is 11.5 Å². The topological polar surface area (TPSA) is 67.2 Å². The minimum Gasteiger partial charge on any atom is -0.341 e. The number of amides is 1. The number of alkyl halides is 3. The Morgan fingerprint density at radius 1 is 1.23 bits per heavy atom. The number of hydrogen-bond acceptors (Lipinski definition) is 5. The highest BCUT2D eigenvalue weighted by molar-refractivity contribution is 6.28. The highest BCUT2D eigenvalue weighted by atomic mass is 35.5. The normalized spacial score (nSPS) is 16.2. The van der Waals surface area contributed by atoms with Crippen LogP contribution in [0.3, 0.4) is 0 Å². The molecule has 0 aliphatic carbocycles. The lowest BCUT2D eigenvalue weighted by molar-refractivity contribution is -0.140. The summed E-state index contributed by atoms with van der Waals surface area (Å²) in [6, 6.07) is 6.60. The molecule has 1 aromatic carbocycles. The molecule has 2 aromatic heterocycles. The van der Waals surface area contributed by atoms with E-state index in [1.807, 2.05) is 0 Å². The van der Waals surface area contributed by atoms with Crippen LogP contribution in [0.15, 0.2) is 36.7 Å². The largest absolute Gasteiger partial charge is 0.434 e. The van der Waals surface area contributed by atoms with E-state index in [2.05, 4.69) is 15.0 Å². The maximum absolute atomic E-state index is 12.9. The van der Waals surface area contributed by atoms with Gasteiger partial charge in [0.25, 0.3) is 0 Å². The van der Waals surface area contributed by atoms with Crippen molar-refractivity contribution in [1.29, 1.82) is 0 Å². The van der Waals surface area contributed by atoms with Crippen molar-refractivity contribution >= 4 is 29.0 Å². The van der Waals surface area contributed by atoms with Crippen molar-refractivity contribution in [3.8, 4) is 11.4 Å². The van der Waals surface area contributed by atoms with Crippen molar-refractivity contribution in [3.63, 3.8) is 0 Å². The number of aromatic nitrogens is 4. The van der Waals surface area contributed by atoms with Gasteiger partial charge in [-0.05, 0) is 17.2 Å². The number of halogens is 4. The van der Waals surface area contributed by atoms with Crippen molar-refractivity contribution in [2.75, 3.05) is 23.3 Å². The highest BCUT2D eigenvalue weighted by Crippen LogP contribution is 2.33. The first kappa shape index (κ1) is 16.6. The first-order chi connectivity index (χ1) is 15.3. The Morgan fingerprint density at radius 2 is 1.97 bits per heavy atom. The van der Waals surface area contributed by atoms with E-state index in [4.69, 9.17) is 15.7 Å². The molecule has 30 heavy (non-hydrogen) atoms. The summed E-state index contributed by atoms with van der Waals surface area (Å²) in [5.74, 6) is -0.313. The first-order valence-corrected chi connectivity index (χ1v) is 9.03. The Kier molecular flexibility index (Phi) is 4.04. The number of fused-ring (bicyclic) bond motifs is 1. The third-order valence-electron chi connectivity index (χ3n) is 4.59. The third kappa shape index (κ3) is 3.70. The molecule has 3 aromatic rings. The van der Waals surface area contributed by atoms with Crippen LogP contribution in [0.5, 0.6) is 0 Å². The van der Waals surface area contributed by atoms with E-state index in [9.17, 15) is 18.0 Å². The molecule has 0 radical (unpaired) electrons. The van der Waals surface area contributed by atoms with Gasteiger partial charge in [0.2, 0.25) is 11.2 Å². The Labute approximate surface area is 179 Å². The number of carbonyl (C=O) groups is 1. The maximum atomic E-state index is 12.9. The van der Waals surface area contributed by atoms with Gasteiger partial charge in [-0.1, -0.05) is 24.3 Å². The van der Waals surface area contributed by atoms with Crippen LogP contribution in [-0.4, -0.2) is 38.9 Å². The van der Waals surface area contributed by atoms with Crippen LogP contribution in [0.1, 0.15) is 15.4 Å². The summed E-state index contributed by atoms with van der Waals surface area (Å²) in [4.78, 5) is 26.4. The van der Waals surface area contributed by atoms with E-state index in [-0.39, 0.29) is 35.7 Å².